The average molecular weight is 474 g/mol. The number of benzene rings is 2. The largest absolute Gasteiger partial charge is 0.373 e. The zero-order valence-corrected chi connectivity index (χ0v) is 19.0. The van der Waals surface area contributed by atoms with Crippen LogP contribution in [0.15, 0.2) is 48.7 Å². The number of aromatic nitrogens is 2. The summed E-state index contributed by atoms with van der Waals surface area (Å²) in [7, 11) is 2.08. The lowest BCUT2D eigenvalue weighted by molar-refractivity contribution is 0.549. The number of likely N-dealkylation sites (N-methyl/N-ethyl adjacent to an activating group) is 1. The van der Waals surface area contributed by atoms with Crippen LogP contribution in [0.3, 0.4) is 0 Å². The summed E-state index contributed by atoms with van der Waals surface area (Å²) in [5, 5.41) is 10.2. The summed E-state index contributed by atoms with van der Waals surface area (Å²) in [6.45, 7) is 2.91. The van der Waals surface area contributed by atoms with Crippen LogP contribution in [-0.2, 0) is 24.4 Å². The van der Waals surface area contributed by atoms with Gasteiger partial charge in [0.2, 0.25) is 17.2 Å². The van der Waals surface area contributed by atoms with Crippen molar-refractivity contribution in [2.24, 2.45) is 0 Å². The van der Waals surface area contributed by atoms with Gasteiger partial charge in [0.1, 0.15) is 5.02 Å². The van der Waals surface area contributed by atoms with Crippen molar-refractivity contribution in [3.63, 3.8) is 0 Å². The quantitative estimate of drug-likeness (QED) is 0.332. The Morgan fingerprint density at radius 3 is 2.94 bits per heavy atom. The number of halogens is 1. The maximum absolute atomic E-state index is 11.0. The lowest BCUT2D eigenvalue weighted by Gasteiger charge is -2.20. The maximum atomic E-state index is 11.0. The van der Waals surface area contributed by atoms with Gasteiger partial charge in [-0.3, -0.25) is 4.55 Å². The number of hydrogen-bond acceptors (Lipinski definition) is 7. The number of para-hydroxylation sites is 1. The standard InChI is InChI=1S/C21H24ClN7O2S/c1-29-9-8-23-11-15-6-7-16(10-19(15)29)26-21-24-13-17(22)20(28-21)27-18-5-3-2-4-14(18)12-25-32(30)31/h2-7,10,13,23,25H,8-9,11-12H2,1H3,(H,30,31)(H2,24,26,27,28). The second-order valence-electron chi connectivity index (χ2n) is 7.31. The fourth-order valence-corrected chi connectivity index (χ4v) is 3.86. The molecule has 9 nitrogen and oxygen atoms in total. The third-order valence-electron chi connectivity index (χ3n) is 5.09. The van der Waals surface area contributed by atoms with E-state index in [-0.39, 0.29) is 6.54 Å². The van der Waals surface area contributed by atoms with Crippen LogP contribution in [0, 0.1) is 0 Å². The zero-order chi connectivity index (χ0) is 22.5. The maximum Gasteiger partial charge on any atom is 0.232 e. The predicted molar refractivity (Wildman–Crippen MR) is 129 cm³/mol. The van der Waals surface area contributed by atoms with Crippen molar-refractivity contribution in [3.8, 4) is 0 Å². The van der Waals surface area contributed by atoms with E-state index in [1.54, 1.807) is 0 Å². The first-order chi connectivity index (χ1) is 15.5. The minimum atomic E-state index is -2.10. The highest BCUT2D eigenvalue weighted by Crippen LogP contribution is 2.29. The number of anilines is 5. The molecule has 4 rings (SSSR count). The second-order valence-corrected chi connectivity index (χ2v) is 8.50. The highest BCUT2D eigenvalue weighted by atomic mass is 35.5. The van der Waals surface area contributed by atoms with Crippen molar-refractivity contribution in [1.82, 2.24) is 20.0 Å². The number of nitrogens with one attached hydrogen (secondary N) is 4. The van der Waals surface area contributed by atoms with Crippen molar-refractivity contribution in [2.45, 2.75) is 13.1 Å². The van der Waals surface area contributed by atoms with Gasteiger partial charge < -0.3 is 20.9 Å². The third kappa shape index (κ3) is 5.53. The van der Waals surface area contributed by atoms with Gasteiger partial charge in [-0.2, -0.15) is 4.98 Å². The Balaban J connectivity index is 1.55. The van der Waals surface area contributed by atoms with Gasteiger partial charge in [-0.05, 0) is 29.3 Å². The molecule has 3 aromatic rings. The van der Waals surface area contributed by atoms with Crippen molar-refractivity contribution in [2.75, 3.05) is 35.7 Å². The highest BCUT2D eigenvalue weighted by molar-refractivity contribution is 7.77. The lowest BCUT2D eigenvalue weighted by atomic mass is 10.1. The van der Waals surface area contributed by atoms with Gasteiger partial charge >= 0.3 is 0 Å². The summed E-state index contributed by atoms with van der Waals surface area (Å²) in [4.78, 5) is 11.1. The van der Waals surface area contributed by atoms with E-state index in [9.17, 15) is 4.21 Å². The molecule has 0 amide bonds. The van der Waals surface area contributed by atoms with Crippen LogP contribution in [0.25, 0.3) is 0 Å². The van der Waals surface area contributed by atoms with Gasteiger partial charge in [0.15, 0.2) is 5.82 Å². The summed E-state index contributed by atoms with van der Waals surface area (Å²) < 4.78 is 22.5. The Bertz CT molecular complexity index is 1130. The van der Waals surface area contributed by atoms with Gasteiger partial charge in [-0.1, -0.05) is 35.9 Å². The Labute approximate surface area is 194 Å². The summed E-state index contributed by atoms with van der Waals surface area (Å²) >= 11 is 4.22. The molecule has 5 N–H and O–H groups in total. The molecule has 1 unspecified atom stereocenters. The van der Waals surface area contributed by atoms with Crippen molar-refractivity contribution in [3.05, 3.63) is 64.8 Å². The molecule has 1 aromatic heterocycles. The van der Waals surface area contributed by atoms with Gasteiger partial charge in [0.05, 0.1) is 6.20 Å². The molecule has 168 valence electrons. The van der Waals surface area contributed by atoms with E-state index in [1.165, 1.54) is 11.8 Å². The first kappa shape index (κ1) is 22.4. The Morgan fingerprint density at radius 2 is 2.09 bits per heavy atom. The molecule has 0 spiro atoms. The van der Waals surface area contributed by atoms with Crippen LogP contribution in [0.4, 0.5) is 28.8 Å². The smallest absolute Gasteiger partial charge is 0.232 e. The fourth-order valence-electron chi connectivity index (χ4n) is 3.44. The Kier molecular flexibility index (Phi) is 7.18. The fraction of sp³-hybridized carbons (Fsp3) is 0.238. The van der Waals surface area contributed by atoms with Crippen LogP contribution in [0.2, 0.25) is 5.02 Å². The molecule has 0 saturated carbocycles. The molecule has 0 fully saturated rings. The molecule has 32 heavy (non-hydrogen) atoms. The summed E-state index contributed by atoms with van der Waals surface area (Å²) in [5.74, 6) is 0.830. The van der Waals surface area contributed by atoms with Crippen LogP contribution >= 0.6 is 11.6 Å². The molecule has 2 heterocycles. The number of hydrogen-bond donors (Lipinski definition) is 5. The second kappa shape index (κ2) is 10.2. The van der Waals surface area contributed by atoms with E-state index < -0.39 is 11.3 Å². The predicted octanol–water partition coefficient (Wildman–Crippen LogP) is 3.38. The molecule has 0 radical (unpaired) electrons. The average Bonchev–Trinajstić information content (AvgIpc) is 2.96. The molecule has 0 aliphatic carbocycles. The van der Waals surface area contributed by atoms with E-state index >= 15 is 0 Å². The van der Waals surface area contributed by atoms with Crippen LogP contribution in [-0.4, -0.2) is 38.9 Å². The number of rotatable bonds is 7. The van der Waals surface area contributed by atoms with Gasteiger partial charge in [-0.25, -0.2) is 13.9 Å². The zero-order valence-electron chi connectivity index (χ0n) is 17.4. The van der Waals surface area contributed by atoms with E-state index in [0.29, 0.717) is 16.8 Å². The van der Waals surface area contributed by atoms with Crippen LogP contribution in [0.1, 0.15) is 11.1 Å². The lowest BCUT2D eigenvalue weighted by Crippen LogP contribution is -2.24. The van der Waals surface area contributed by atoms with E-state index in [1.807, 2.05) is 30.3 Å². The topological polar surface area (TPSA) is 114 Å². The first-order valence-electron chi connectivity index (χ1n) is 10.0. The Hall–Kier alpha value is -2.76. The van der Waals surface area contributed by atoms with Crippen molar-refractivity contribution < 1.29 is 8.76 Å². The number of nitrogens with zero attached hydrogens (tertiary/aromatic N) is 3. The van der Waals surface area contributed by atoms with E-state index in [2.05, 4.69) is 54.7 Å². The molecule has 1 atom stereocenters. The van der Waals surface area contributed by atoms with Crippen LogP contribution < -0.4 is 25.6 Å². The van der Waals surface area contributed by atoms with Gasteiger partial charge in [0, 0.05) is 50.3 Å². The monoisotopic (exact) mass is 473 g/mol. The van der Waals surface area contributed by atoms with Gasteiger partial charge in [-0.15, -0.1) is 0 Å². The normalized spacial score (nSPS) is 14.4. The molecule has 1 aliphatic rings. The SMILES string of the molecule is CN1CCNCc2ccc(Nc3ncc(Cl)c(Nc4ccccc4CNS(=O)O)n3)cc21. The Morgan fingerprint density at radius 1 is 1.25 bits per heavy atom. The van der Waals surface area contributed by atoms with Crippen LogP contribution in [0.5, 0.6) is 0 Å². The molecule has 11 heteroatoms. The molecule has 1 aliphatic heterocycles. The molecule has 0 saturated heterocycles. The molecular weight excluding hydrogens is 450 g/mol. The minimum Gasteiger partial charge on any atom is -0.373 e. The third-order valence-corrected chi connectivity index (χ3v) is 5.76. The number of fused-ring (bicyclic) bond motifs is 1. The van der Waals surface area contributed by atoms with E-state index in [4.69, 9.17) is 16.2 Å². The molecule has 0 bridgehead atoms. The first-order valence-corrected chi connectivity index (χ1v) is 11.5. The van der Waals surface area contributed by atoms with Crippen molar-refractivity contribution in [1.29, 1.82) is 0 Å². The van der Waals surface area contributed by atoms with E-state index in [0.717, 1.165) is 42.3 Å². The highest BCUT2D eigenvalue weighted by Gasteiger charge is 2.14. The summed E-state index contributed by atoms with van der Waals surface area (Å²) in [5.41, 5.74) is 4.79. The summed E-state index contributed by atoms with van der Waals surface area (Å²) in [6, 6.07) is 13.6. The molecule has 2 aromatic carbocycles. The van der Waals surface area contributed by atoms with Gasteiger partial charge in [0.25, 0.3) is 0 Å². The summed E-state index contributed by atoms with van der Waals surface area (Å²) in [6.07, 6.45) is 1.53. The molecular formula is C21H24ClN7O2S. The minimum absolute atomic E-state index is 0.206. The van der Waals surface area contributed by atoms with Crippen molar-refractivity contribution >= 4 is 51.7 Å².